The number of isocyanates is 1. The van der Waals surface area contributed by atoms with E-state index in [2.05, 4.69) is 20.9 Å². The Balaban J connectivity index is 3.10. The summed E-state index contributed by atoms with van der Waals surface area (Å²) in [5.74, 6) is -0.541. The molecule has 1 rings (SSSR count). The van der Waals surface area contributed by atoms with E-state index in [1.165, 1.54) is 12.1 Å². The van der Waals surface area contributed by atoms with Gasteiger partial charge in [-0.2, -0.15) is 0 Å². The van der Waals surface area contributed by atoms with Crippen LogP contribution in [0.2, 0.25) is 5.02 Å². The van der Waals surface area contributed by atoms with E-state index in [4.69, 9.17) is 11.6 Å². The van der Waals surface area contributed by atoms with E-state index in [1.807, 2.05) is 0 Å². The Morgan fingerprint density at radius 1 is 1.62 bits per heavy atom. The number of halogens is 3. The van der Waals surface area contributed by atoms with E-state index < -0.39 is 5.82 Å². The van der Waals surface area contributed by atoms with Crippen molar-refractivity contribution in [3.05, 3.63) is 33.0 Å². The minimum Gasteiger partial charge on any atom is -0.211 e. The van der Waals surface area contributed by atoms with Gasteiger partial charge in [0.2, 0.25) is 6.08 Å². The fraction of sp³-hybridized carbons (Fsp3) is 0.125. The van der Waals surface area contributed by atoms with Crippen LogP contribution in [0, 0.1) is 5.82 Å². The minimum absolute atomic E-state index is 0.0331. The molecule has 0 heterocycles. The maximum Gasteiger partial charge on any atom is 0.235 e. The zero-order valence-corrected chi connectivity index (χ0v) is 8.69. The van der Waals surface area contributed by atoms with E-state index in [9.17, 15) is 9.18 Å². The van der Waals surface area contributed by atoms with Crippen LogP contribution in [0.25, 0.3) is 0 Å². The summed E-state index contributed by atoms with van der Waals surface area (Å²) in [5.41, 5.74) is 0.560. The van der Waals surface area contributed by atoms with Crippen molar-refractivity contribution in [1.82, 2.24) is 0 Å². The van der Waals surface area contributed by atoms with Gasteiger partial charge in [0.25, 0.3) is 0 Å². The third-order valence-electron chi connectivity index (χ3n) is 1.43. The second-order valence-electron chi connectivity index (χ2n) is 2.24. The Labute approximate surface area is 87.6 Å². The topological polar surface area (TPSA) is 29.4 Å². The van der Waals surface area contributed by atoms with Gasteiger partial charge in [-0.15, -0.1) is 0 Å². The molecule has 0 saturated carbocycles. The summed E-state index contributed by atoms with van der Waals surface area (Å²) in [4.78, 5) is 13.1. The molecule has 0 saturated heterocycles. The Morgan fingerprint density at radius 2 is 2.31 bits per heavy atom. The average molecular weight is 264 g/mol. The van der Waals surface area contributed by atoms with E-state index in [0.717, 1.165) is 0 Å². The largest absolute Gasteiger partial charge is 0.235 e. The van der Waals surface area contributed by atoms with Crippen molar-refractivity contribution in [3.8, 4) is 0 Å². The number of nitrogens with zero attached hydrogens (tertiary/aromatic N) is 1. The lowest BCUT2D eigenvalue weighted by atomic mass is 10.2. The van der Waals surface area contributed by atoms with E-state index in [1.54, 1.807) is 6.07 Å². The molecule has 13 heavy (non-hydrogen) atoms. The van der Waals surface area contributed by atoms with Gasteiger partial charge in [-0.3, -0.25) is 0 Å². The van der Waals surface area contributed by atoms with Gasteiger partial charge in [-0.25, -0.2) is 14.2 Å². The van der Waals surface area contributed by atoms with E-state index >= 15 is 0 Å². The molecule has 0 bridgehead atoms. The average Bonchev–Trinajstić information content (AvgIpc) is 2.13. The number of benzene rings is 1. The number of carbonyl (C=O) groups excluding carboxylic acids is 1. The summed E-state index contributed by atoms with van der Waals surface area (Å²) in [7, 11) is 0. The molecule has 68 valence electrons. The quantitative estimate of drug-likeness (QED) is 0.458. The first-order valence-electron chi connectivity index (χ1n) is 3.33. The van der Waals surface area contributed by atoms with Crippen molar-refractivity contribution in [1.29, 1.82) is 0 Å². The van der Waals surface area contributed by atoms with Crippen LogP contribution in [-0.4, -0.2) is 6.08 Å². The van der Waals surface area contributed by atoms with Gasteiger partial charge in [0.1, 0.15) is 0 Å². The molecule has 0 aliphatic rings. The maximum absolute atomic E-state index is 13.1. The Morgan fingerprint density at radius 3 is 2.92 bits per heavy atom. The summed E-state index contributed by atoms with van der Waals surface area (Å²) >= 11 is 8.52. The number of hydrogen-bond donors (Lipinski definition) is 0. The molecule has 0 spiro atoms. The molecular formula is C8H4BrClFNO. The molecule has 1 aromatic rings. The highest BCUT2D eigenvalue weighted by Crippen LogP contribution is 2.27. The molecular weight excluding hydrogens is 260 g/mol. The SMILES string of the molecule is O=C=NCc1ccc(Cl)c(F)c1Br. The lowest BCUT2D eigenvalue weighted by Gasteiger charge is -2.02. The maximum atomic E-state index is 13.1. The van der Waals surface area contributed by atoms with E-state index in [-0.39, 0.29) is 16.0 Å². The molecule has 0 fully saturated rings. The van der Waals surface area contributed by atoms with Crippen molar-refractivity contribution in [2.75, 3.05) is 0 Å². The van der Waals surface area contributed by atoms with Crippen molar-refractivity contribution in [2.45, 2.75) is 6.54 Å². The smallest absolute Gasteiger partial charge is 0.211 e. The third kappa shape index (κ3) is 2.37. The second-order valence-corrected chi connectivity index (χ2v) is 3.44. The molecule has 0 aromatic heterocycles. The fourth-order valence-corrected chi connectivity index (χ4v) is 1.55. The zero-order chi connectivity index (χ0) is 9.84. The summed E-state index contributed by atoms with van der Waals surface area (Å²) < 4.78 is 13.3. The highest BCUT2D eigenvalue weighted by Gasteiger charge is 2.08. The van der Waals surface area contributed by atoms with Crippen LogP contribution < -0.4 is 0 Å². The molecule has 2 nitrogen and oxygen atoms in total. The summed E-state index contributed by atoms with van der Waals surface area (Å²) in [5, 5.41) is 0.0331. The molecule has 0 atom stereocenters. The van der Waals surface area contributed by atoms with Gasteiger partial charge < -0.3 is 0 Å². The molecule has 1 aromatic carbocycles. The van der Waals surface area contributed by atoms with Gasteiger partial charge in [-0.05, 0) is 27.6 Å². The Bertz CT molecular complexity index is 377. The predicted octanol–water partition coefficient (Wildman–Crippen LogP) is 3.08. The number of aliphatic imine (C=N–C) groups is 1. The van der Waals surface area contributed by atoms with Crippen molar-refractivity contribution in [3.63, 3.8) is 0 Å². The highest BCUT2D eigenvalue weighted by atomic mass is 79.9. The Kier molecular flexibility index (Phi) is 3.60. The van der Waals surface area contributed by atoms with E-state index in [0.29, 0.717) is 5.56 Å². The lowest BCUT2D eigenvalue weighted by molar-refractivity contribution is 0.562. The van der Waals surface area contributed by atoms with Crippen molar-refractivity contribution >= 4 is 33.6 Å². The minimum atomic E-state index is -0.541. The van der Waals surface area contributed by atoms with Gasteiger partial charge >= 0.3 is 0 Å². The second kappa shape index (κ2) is 4.51. The van der Waals surface area contributed by atoms with Gasteiger partial charge in [-0.1, -0.05) is 17.7 Å². The molecule has 0 radical (unpaired) electrons. The first-order valence-corrected chi connectivity index (χ1v) is 4.50. The van der Waals surface area contributed by atoms with Crippen LogP contribution in [0.1, 0.15) is 5.56 Å². The monoisotopic (exact) mass is 263 g/mol. The van der Waals surface area contributed by atoms with Crippen LogP contribution in [0.4, 0.5) is 4.39 Å². The highest BCUT2D eigenvalue weighted by molar-refractivity contribution is 9.10. The normalized spacial score (nSPS) is 9.46. The zero-order valence-electron chi connectivity index (χ0n) is 6.35. The molecule has 0 aliphatic heterocycles. The molecule has 0 N–H and O–H groups in total. The molecule has 0 aliphatic carbocycles. The summed E-state index contributed by atoms with van der Waals surface area (Å²) in [6.45, 7) is 0.0954. The van der Waals surface area contributed by atoms with Crippen molar-refractivity contribution < 1.29 is 9.18 Å². The fourth-order valence-electron chi connectivity index (χ4n) is 0.805. The van der Waals surface area contributed by atoms with Crippen LogP contribution in [0.3, 0.4) is 0 Å². The number of hydrogen-bond acceptors (Lipinski definition) is 2. The summed E-state index contributed by atoms with van der Waals surface area (Å²) in [6.07, 6.45) is 1.38. The first kappa shape index (κ1) is 10.4. The van der Waals surface area contributed by atoms with Crippen molar-refractivity contribution in [2.24, 2.45) is 4.99 Å². The van der Waals surface area contributed by atoms with Gasteiger partial charge in [0, 0.05) is 0 Å². The van der Waals surface area contributed by atoms with Crippen LogP contribution in [-0.2, 0) is 11.3 Å². The Hall–Kier alpha value is -0.700. The van der Waals surface area contributed by atoms with Crippen LogP contribution in [0.5, 0.6) is 0 Å². The molecule has 0 amide bonds. The van der Waals surface area contributed by atoms with Crippen LogP contribution >= 0.6 is 27.5 Å². The number of rotatable bonds is 2. The van der Waals surface area contributed by atoms with Gasteiger partial charge in [0.05, 0.1) is 16.0 Å². The first-order chi connectivity index (χ1) is 6.16. The predicted molar refractivity (Wildman–Crippen MR) is 50.9 cm³/mol. The lowest BCUT2D eigenvalue weighted by Crippen LogP contribution is -1.88. The van der Waals surface area contributed by atoms with Crippen LogP contribution in [0.15, 0.2) is 21.6 Å². The third-order valence-corrected chi connectivity index (χ3v) is 2.58. The molecule has 5 heteroatoms. The summed E-state index contributed by atoms with van der Waals surface area (Å²) in [6, 6.07) is 3.01. The molecule has 0 unspecified atom stereocenters. The van der Waals surface area contributed by atoms with Gasteiger partial charge in [0.15, 0.2) is 5.82 Å². The standard InChI is InChI=1S/C8H4BrClFNO/c9-7-5(3-12-4-13)1-2-6(10)8(7)11/h1-2H,3H2.